The maximum Gasteiger partial charge on any atom is 0.0643 e. The summed E-state index contributed by atoms with van der Waals surface area (Å²) in [6.45, 7) is 4.25. The Kier molecular flexibility index (Phi) is 4.66. The van der Waals surface area contributed by atoms with E-state index in [2.05, 4.69) is 49.5 Å². The number of hydrogen-bond acceptors (Lipinski definition) is 3. The van der Waals surface area contributed by atoms with E-state index in [1.165, 1.54) is 10.5 Å². The first-order valence-electron chi connectivity index (χ1n) is 6.54. The Balaban J connectivity index is 2.13. The molecular formula is C15H21N3S. The van der Waals surface area contributed by atoms with Crippen LogP contribution in [0.25, 0.3) is 0 Å². The van der Waals surface area contributed by atoms with Crippen molar-refractivity contribution in [2.24, 2.45) is 5.73 Å². The van der Waals surface area contributed by atoms with Gasteiger partial charge in [-0.15, -0.1) is 11.8 Å². The summed E-state index contributed by atoms with van der Waals surface area (Å²) in [6, 6.07) is 10.8. The molecule has 1 heterocycles. The highest BCUT2D eigenvalue weighted by Crippen LogP contribution is 2.26. The highest BCUT2D eigenvalue weighted by molar-refractivity contribution is 7.98. The van der Waals surface area contributed by atoms with Gasteiger partial charge in [0.15, 0.2) is 0 Å². The van der Waals surface area contributed by atoms with Crippen molar-refractivity contribution in [1.82, 2.24) is 9.78 Å². The molecule has 1 aromatic heterocycles. The van der Waals surface area contributed by atoms with Gasteiger partial charge in [-0.3, -0.25) is 4.68 Å². The molecule has 3 nitrogen and oxygen atoms in total. The molecule has 2 N–H and O–H groups in total. The fourth-order valence-corrected chi connectivity index (χ4v) is 2.75. The van der Waals surface area contributed by atoms with Gasteiger partial charge in [-0.2, -0.15) is 5.10 Å². The van der Waals surface area contributed by atoms with E-state index in [9.17, 15) is 0 Å². The predicted molar refractivity (Wildman–Crippen MR) is 81.5 cm³/mol. The molecule has 2 aromatic rings. The third kappa shape index (κ3) is 3.39. The zero-order valence-corrected chi connectivity index (χ0v) is 12.5. The van der Waals surface area contributed by atoms with Crippen LogP contribution in [0.15, 0.2) is 41.4 Å². The van der Waals surface area contributed by atoms with Crippen molar-refractivity contribution in [3.8, 4) is 0 Å². The molecule has 0 spiro atoms. The van der Waals surface area contributed by atoms with Crippen LogP contribution in [0, 0.1) is 0 Å². The Morgan fingerprint density at radius 1 is 1.26 bits per heavy atom. The van der Waals surface area contributed by atoms with Crippen LogP contribution in [-0.4, -0.2) is 16.0 Å². The van der Waals surface area contributed by atoms with Crippen molar-refractivity contribution < 1.29 is 0 Å². The number of aromatic nitrogens is 2. The zero-order valence-electron chi connectivity index (χ0n) is 11.7. The Hall–Kier alpha value is -1.26. The lowest BCUT2D eigenvalue weighted by molar-refractivity contribution is 0.522. The van der Waals surface area contributed by atoms with Crippen LogP contribution in [0.5, 0.6) is 0 Å². The normalized spacial score (nSPS) is 12.9. The predicted octanol–water partition coefficient (Wildman–Crippen LogP) is 3.43. The van der Waals surface area contributed by atoms with Gasteiger partial charge in [0.1, 0.15) is 0 Å². The van der Waals surface area contributed by atoms with Gasteiger partial charge in [0.05, 0.1) is 5.69 Å². The van der Waals surface area contributed by atoms with Crippen molar-refractivity contribution in [1.29, 1.82) is 0 Å². The molecule has 0 aliphatic rings. The summed E-state index contributed by atoms with van der Waals surface area (Å²) in [4.78, 5) is 1.25. The molecular weight excluding hydrogens is 254 g/mol. The lowest BCUT2D eigenvalue weighted by Crippen LogP contribution is -2.15. The molecule has 0 bridgehead atoms. The second-order valence-corrected chi connectivity index (χ2v) is 5.78. The largest absolute Gasteiger partial charge is 0.324 e. The van der Waals surface area contributed by atoms with Gasteiger partial charge < -0.3 is 5.73 Å². The molecule has 19 heavy (non-hydrogen) atoms. The first-order valence-corrected chi connectivity index (χ1v) is 7.76. The third-order valence-electron chi connectivity index (χ3n) is 3.16. The first kappa shape index (κ1) is 14.2. The second kappa shape index (κ2) is 6.26. The first-order chi connectivity index (χ1) is 9.11. The van der Waals surface area contributed by atoms with Gasteiger partial charge in [0, 0.05) is 29.6 Å². The minimum Gasteiger partial charge on any atom is -0.324 e. The maximum atomic E-state index is 6.33. The number of hydrogen-bond donors (Lipinski definition) is 1. The van der Waals surface area contributed by atoms with Crippen LogP contribution in [-0.2, 0) is 6.42 Å². The SMILES string of the molecule is CSc1ccccc1C(N)Cc1ccn(C(C)C)n1. The molecule has 2 rings (SSSR count). The highest BCUT2D eigenvalue weighted by Gasteiger charge is 2.13. The van der Waals surface area contributed by atoms with Gasteiger partial charge >= 0.3 is 0 Å². The second-order valence-electron chi connectivity index (χ2n) is 4.93. The zero-order chi connectivity index (χ0) is 13.8. The van der Waals surface area contributed by atoms with Gasteiger partial charge in [-0.05, 0) is 37.8 Å². The van der Waals surface area contributed by atoms with Crippen molar-refractivity contribution in [3.63, 3.8) is 0 Å². The fourth-order valence-electron chi connectivity index (χ4n) is 2.08. The summed E-state index contributed by atoms with van der Waals surface area (Å²) in [5, 5.41) is 4.56. The van der Waals surface area contributed by atoms with Crippen LogP contribution in [0.3, 0.4) is 0 Å². The molecule has 0 saturated heterocycles. The summed E-state index contributed by atoms with van der Waals surface area (Å²) in [5.41, 5.74) is 8.58. The van der Waals surface area contributed by atoms with E-state index >= 15 is 0 Å². The van der Waals surface area contributed by atoms with Crippen molar-refractivity contribution in [2.45, 2.75) is 37.2 Å². The number of nitrogens with zero attached hydrogens (tertiary/aromatic N) is 2. The Labute approximate surface area is 119 Å². The molecule has 1 atom stereocenters. The highest BCUT2D eigenvalue weighted by atomic mass is 32.2. The summed E-state index contributed by atoms with van der Waals surface area (Å²) in [5.74, 6) is 0. The molecule has 1 unspecified atom stereocenters. The van der Waals surface area contributed by atoms with Crippen LogP contribution in [0.4, 0.5) is 0 Å². The summed E-state index contributed by atoms with van der Waals surface area (Å²) in [6.07, 6.45) is 4.88. The topological polar surface area (TPSA) is 43.8 Å². The summed E-state index contributed by atoms with van der Waals surface area (Å²) in [7, 11) is 0. The van der Waals surface area contributed by atoms with E-state index in [1.807, 2.05) is 16.9 Å². The van der Waals surface area contributed by atoms with E-state index in [0.717, 1.165) is 12.1 Å². The Morgan fingerprint density at radius 2 is 2.00 bits per heavy atom. The van der Waals surface area contributed by atoms with Crippen molar-refractivity contribution >= 4 is 11.8 Å². The number of rotatable bonds is 5. The number of nitrogens with two attached hydrogens (primary N) is 1. The summed E-state index contributed by atoms with van der Waals surface area (Å²) < 4.78 is 1.97. The van der Waals surface area contributed by atoms with E-state index < -0.39 is 0 Å². The van der Waals surface area contributed by atoms with Gasteiger partial charge in [0.2, 0.25) is 0 Å². The summed E-state index contributed by atoms with van der Waals surface area (Å²) >= 11 is 1.74. The molecule has 0 saturated carbocycles. The molecule has 1 aromatic carbocycles. The minimum atomic E-state index is -0.000776. The molecule has 0 aliphatic carbocycles. The Bertz CT molecular complexity index is 534. The molecule has 0 radical (unpaired) electrons. The fraction of sp³-hybridized carbons (Fsp3) is 0.400. The lowest BCUT2D eigenvalue weighted by atomic mass is 10.0. The average Bonchev–Trinajstić information content (AvgIpc) is 2.87. The smallest absolute Gasteiger partial charge is 0.0643 e. The van der Waals surface area contributed by atoms with Gasteiger partial charge in [0.25, 0.3) is 0 Å². The average molecular weight is 275 g/mol. The van der Waals surface area contributed by atoms with Crippen LogP contribution >= 0.6 is 11.8 Å². The lowest BCUT2D eigenvalue weighted by Gasteiger charge is -2.14. The van der Waals surface area contributed by atoms with Crippen molar-refractivity contribution in [3.05, 3.63) is 47.8 Å². The molecule has 0 amide bonds. The van der Waals surface area contributed by atoms with Crippen LogP contribution in [0.2, 0.25) is 0 Å². The molecule has 0 aliphatic heterocycles. The minimum absolute atomic E-state index is 0.000776. The van der Waals surface area contributed by atoms with Gasteiger partial charge in [-0.25, -0.2) is 0 Å². The van der Waals surface area contributed by atoms with Crippen LogP contribution < -0.4 is 5.73 Å². The van der Waals surface area contributed by atoms with E-state index in [0.29, 0.717) is 6.04 Å². The number of thioether (sulfide) groups is 1. The van der Waals surface area contributed by atoms with Crippen LogP contribution in [0.1, 0.15) is 37.2 Å². The maximum absolute atomic E-state index is 6.33. The monoisotopic (exact) mass is 275 g/mol. The molecule has 4 heteroatoms. The van der Waals surface area contributed by atoms with Gasteiger partial charge in [-0.1, -0.05) is 18.2 Å². The van der Waals surface area contributed by atoms with E-state index in [1.54, 1.807) is 11.8 Å². The molecule has 102 valence electrons. The Morgan fingerprint density at radius 3 is 2.63 bits per heavy atom. The quantitative estimate of drug-likeness (QED) is 0.850. The third-order valence-corrected chi connectivity index (χ3v) is 3.97. The molecule has 0 fully saturated rings. The van der Waals surface area contributed by atoms with E-state index in [4.69, 9.17) is 5.73 Å². The number of benzene rings is 1. The van der Waals surface area contributed by atoms with Crippen molar-refractivity contribution in [2.75, 3.05) is 6.26 Å². The standard InChI is InChI=1S/C15H21N3S/c1-11(2)18-9-8-12(17-18)10-14(16)13-6-4-5-7-15(13)19-3/h4-9,11,14H,10,16H2,1-3H3. The van der Waals surface area contributed by atoms with E-state index in [-0.39, 0.29) is 6.04 Å².